The first-order valence-corrected chi connectivity index (χ1v) is 6.23. The smallest absolute Gasteiger partial charge is 0.324 e. The fourth-order valence-corrected chi connectivity index (χ4v) is 2.17. The number of nitrogens with zero attached hydrogens (tertiary/aromatic N) is 1. The third-order valence-corrected chi connectivity index (χ3v) is 3.51. The van der Waals surface area contributed by atoms with Crippen molar-refractivity contribution in [2.24, 2.45) is 0 Å². The van der Waals surface area contributed by atoms with Gasteiger partial charge in [0.15, 0.2) is 0 Å². The molecule has 1 heterocycles. The molecule has 0 aliphatic carbocycles. The zero-order valence-corrected chi connectivity index (χ0v) is 10.5. The highest BCUT2D eigenvalue weighted by Gasteiger charge is 2.33. The maximum absolute atomic E-state index is 11.2. The molecule has 4 heteroatoms. The molecule has 0 aromatic heterocycles. The predicted molar refractivity (Wildman–Crippen MR) is 64.6 cm³/mol. The van der Waals surface area contributed by atoms with Crippen LogP contribution in [0.3, 0.4) is 0 Å². The fourth-order valence-electron chi connectivity index (χ4n) is 2.17. The van der Waals surface area contributed by atoms with Crippen molar-refractivity contribution < 1.29 is 9.90 Å². The Morgan fingerprint density at radius 2 is 1.75 bits per heavy atom. The van der Waals surface area contributed by atoms with E-state index in [1.54, 1.807) is 14.0 Å². The summed E-state index contributed by atoms with van der Waals surface area (Å²) in [6, 6.07) is 0. The molecule has 4 nitrogen and oxygen atoms in total. The van der Waals surface area contributed by atoms with Crippen molar-refractivity contribution in [3.8, 4) is 0 Å². The lowest BCUT2D eigenvalue weighted by molar-refractivity contribution is -0.144. The van der Waals surface area contributed by atoms with Crippen LogP contribution in [0.4, 0.5) is 0 Å². The minimum Gasteiger partial charge on any atom is -0.480 e. The Hall–Kier alpha value is -0.610. The lowest BCUT2D eigenvalue weighted by Gasteiger charge is -2.33. The fraction of sp³-hybridized carbons (Fsp3) is 0.917. The van der Waals surface area contributed by atoms with Gasteiger partial charge in [0.2, 0.25) is 0 Å². The van der Waals surface area contributed by atoms with Gasteiger partial charge >= 0.3 is 5.97 Å². The van der Waals surface area contributed by atoms with E-state index in [9.17, 15) is 9.90 Å². The first-order valence-electron chi connectivity index (χ1n) is 6.23. The highest BCUT2D eigenvalue weighted by Crippen LogP contribution is 2.14. The molecule has 0 aromatic carbocycles. The Kier molecular flexibility index (Phi) is 5.22. The van der Waals surface area contributed by atoms with E-state index in [1.807, 2.05) is 0 Å². The van der Waals surface area contributed by atoms with Gasteiger partial charge in [-0.25, -0.2) is 0 Å². The van der Waals surface area contributed by atoms with Crippen LogP contribution in [0.2, 0.25) is 0 Å². The SMILES string of the molecule is CNC(C)(CN1CCCCCCC1)C(=O)O. The van der Waals surface area contributed by atoms with Crippen LogP contribution in [0.5, 0.6) is 0 Å². The number of aliphatic carboxylic acids is 1. The van der Waals surface area contributed by atoms with Crippen molar-refractivity contribution in [1.82, 2.24) is 10.2 Å². The zero-order chi connectivity index (χ0) is 12.0. The molecule has 0 amide bonds. The summed E-state index contributed by atoms with van der Waals surface area (Å²) in [7, 11) is 1.72. The first kappa shape index (κ1) is 13.5. The van der Waals surface area contributed by atoms with E-state index >= 15 is 0 Å². The van der Waals surface area contributed by atoms with Gasteiger partial charge in [0.1, 0.15) is 5.54 Å². The van der Waals surface area contributed by atoms with Gasteiger partial charge in [0.25, 0.3) is 0 Å². The molecular weight excluding hydrogens is 204 g/mol. The number of carboxylic acids is 1. The third kappa shape index (κ3) is 3.76. The highest BCUT2D eigenvalue weighted by molar-refractivity contribution is 5.78. The summed E-state index contributed by atoms with van der Waals surface area (Å²) in [4.78, 5) is 13.5. The molecule has 1 fully saturated rings. The van der Waals surface area contributed by atoms with Crippen molar-refractivity contribution in [3.63, 3.8) is 0 Å². The molecule has 1 rings (SSSR count). The number of hydrogen-bond acceptors (Lipinski definition) is 3. The molecule has 0 saturated carbocycles. The van der Waals surface area contributed by atoms with Gasteiger partial charge in [-0.15, -0.1) is 0 Å². The molecule has 1 unspecified atom stereocenters. The summed E-state index contributed by atoms with van der Waals surface area (Å²) in [5, 5.41) is 12.1. The maximum Gasteiger partial charge on any atom is 0.324 e. The lowest BCUT2D eigenvalue weighted by Crippen LogP contribution is -2.55. The van der Waals surface area contributed by atoms with Crippen LogP contribution in [0.15, 0.2) is 0 Å². The van der Waals surface area contributed by atoms with Crippen LogP contribution in [0.1, 0.15) is 39.0 Å². The molecule has 1 atom stereocenters. The molecule has 0 aromatic rings. The van der Waals surface area contributed by atoms with Crippen molar-refractivity contribution >= 4 is 5.97 Å². The van der Waals surface area contributed by atoms with Gasteiger partial charge in [0, 0.05) is 6.54 Å². The van der Waals surface area contributed by atoms with Crippen LogP contribution in [-0.4, -0.2) is 48.2 Å². The van der Waals surface area contributed by atoms with Crippen molar-refractivity contribution in [2.75, 3.05) is 26.7 Å². The van der Waals surface area contributed by atoms with Gasteiger partial charge in [-0.05, 0) is 39.9 Å². The van der Waals surface area contributed by atoms with E-state index in [-0.39, 0.29) is 0 Å². The monoisotopic (exact) mass is 228 g/mol. The van der Waals surface area contributed by atoms with Crippen molar-refractivity contribution in [2.45, 2.75) is 44.6 Å². The minimum absolute atomic E-state index is 0.596. The van der Waals surface area contributed by atoms with E-state index in [4.69, 9.17) is 0 Å². The number of carboxylic acid groups (broad SMARTS) is 1. The lowest BCUT2D eigenvalue weighted by atomic mass is 10.0. The van der Waals surface area contributed by atoms with Gasteiger partial charge in [0.05, 0.1) is 0 Å². The summed E-state index contributed by atoms with van der Waals surface area (Å²) in [6.45, 7) is 4.42. The number of carbonyl (C=O) groups is 1. The number of likely N-dealkylation sites (N-methyl/N-ethyl adjacent to an activating group) is 1. The topological polar surface area (TPSA) is 52.6 Å². The summed E-state index contributed by atoms with van der Waals surface area (Å²) in [6.07, 6.45) is 6.27. The molecule has 0 bridgehead atoms. The second-order valence-electron chi connectivity index (χ2n) is 4.93. The number of nitrogens with one attached hydrogen (secondary N) is 1. The largest absolute Gasteiger partial charge is 0.480 e. The quantitative estimate of drug-likeness (QED) is 0.762. The number of likely N-dealkylation sites (tertiary alicyclic amines) is 1. The standard InChI is InChI=1S/C12H24N2O2/c1-12(13-2,11(15)16)10-14-8-6-4-3-5-7-9-14/h13H,3-10H2,1-2H3,(H,15,16). The van der Waals surface area contributed by atoms with Crippen molar-refractivity contribution in [1.29, 1.82) is 0 Å². The van der Waals surface area contributed by atoms with Crippen LogP contribution < -0.4 is 5.32 Å². The minimum atomic E-state index is -0.820. The summed E-state index contributed by atoms with van der Waals surface area (Å²) in [5.41, 5.74) is -0.820. The highest BCUT2D eigenvalue weighted by atomic mass is 16.4. The summed E-state index contributed by atoms with van der Waals surface area (Å²) < 4.78 is 0. The molecule has 1 saturated heterocycles. The molecule has 1 aliphatic heterocycles. The van der Waals surface area contributed by atoms with Crippen LogP contribution >= 0.6 is 0 Å². The van der Waals surface area contributed by atoms with Crippen LogP contribution in [-0.2, 0) is 4.79 Å². The maximum atomic E-state index is 11.2. The first-order chi connectivity index (χ1) is 7.58. The summed E-state index contributed by atoms with van der Waals surface area (Å²) >= 11 is 0. The molecule has 1 aliphatic rings. The van der Waals surface area contributed by atoms with Gasteiger partial charge in [-0.2, -0.15) is 0 Å². The molecule has 0 radical (unpaired) electrons. The summed E-state index contributed by atoms with van der Waals surface area (Å²) in [5.74, 6) is -0.767. The predicted octanol–water partition coefficient (Wildman–Crippen LogP) is 1.32. The average Bonchev–Trinajstić information content (AvgIpc) is 2.21. The Balaban J connectivity index is 2.51. The molecule has 2 N–H and O–H groups in total. The number of rotatable bonds is 4. The third-order valence-electron chi connectivity index (χ3n) is 3.51. The Labute approximate surface area is 98.0 Å². The van der Waals surface area contributed by atoms with Gasteiger partial charge < -0.3 is 15.3 Å². The second-order valence-corrected chi connectivity index (χ2v) is 4.93. The van der Waals surface area contributed by atoms with E-state index in [0.717, 1.165) is 13.1 Å². The molecule has 94 valence electrons. The van der Waals surface area contributed by atoms with Gasteiger partial charge in [-0.3, -0.25) is 4.79 Å². The number of hydrogen-bond donors (Lipinski definition) is 2. The second kappa shape index (κ2) is 6.21. The molecule has 0 spiro atoms. The van der Waals surface area contributed by atoms with Crippen LogP contribution in [0, 0.1) is 0 Å². The molecule has 16 heavy (non-hydrogen) atoms. The van der Waals surface area contributed by atoms with Crippen molar-refractivity contribution in [3.05, 3.63) is 0 Å². The Bertz CT molecular complexity index is 225. The molecular formula is C12H24N2O2. The van der Waals surface area contributed by atoms with E-state index in [2.05, 4.69) is 10.2 Å². The Morgan fingerprint density at radius 3 is 2.19 bits per heavy atom. The average molecular weight is 228 g/mol. The van der Waals surface area contributed by atoms with E-state index in [0.29, 0.717) is 6.54 Å². The zero-order valence-electron chi connectivity index (χ0n) is 10.5. The normalized spacial score (nSPS) is 23.1. The van der Waals surface area contributed by atoms with Gasteiger partial charge in [-0.1, -0.05) is 19.3 Å². The Morgan fingerprint density at radius 1 is 1.25 bits per heavy atom. The van der Waals surface area contributed by atoms with E-state index in [1.165, 1.54) is 32.1 Å². The van der Waals surface area contributed by atoms with Crippen LogP contribution in [0.25, 0.3) is 0 Å². The van der Waals surface area contributed by atoms with E-state index < -0.39 is 11.5 Å².